The molecule has 12 heteroatoms. The average molecular weight is 501 g/mol. The van der Waals surface area contributed by atoms with Crippen LogP contribution >= 0.6 is 0 Å². The van der Waals surface area contributed by atoms with Crippen LogP contribution < -0.4 is 5.56 Å². The maximum atomic E-state index is 14.5. The summed E-state index contributed by atoms with van der Waals surface area (Å²) in [6, 6.07) is 8.75. The number of alkyl halides is 3. The smallest absolute Gasteiger partial charge is 0.419 e. The first-order valence-corrected chi connectivity index (χ1v) is 10.3. The van der Waals surface area contributed by atoms with Gasteiger partial charge in [0, 0.05) is 24.4 Å². The molecule has 3 aromatic rings. The van der Waals surface area contributed by atoms with E-state index in [2.05, 4.69) is 26.8 Å². The lowest BCUT2D eigenvalue weighted by Gasteiger charge is -2.19. The van der Waals surface area contributed by atoms with Gasteiger partial charge in [-0.3, -0.25) is 20.4 Å². The average Bonchev–Trinajstić information content (AvgIpc) is 2.81. The fourth-order valence-corrected chi connectivity index (χ4v) is 3.32. The van der Waals surface area contributed by atoms with Crippen LogP contribution in [0.5, 0.6) is 0 Å². The third kappa shape index (κ3) is 5.93. The van der Waals surface area contributed by atoms with Gasteiger partial charge in [-0.15, -0.1) is 5.92 Å². The van der Waals surface area contributed by atoms with Crippen LogP contribution in [0.15, 0.2) is 41.2 Å². The SMILES string of the molecule is CC#Cc1ccc2c(=O)[nH]nc(Cc3ccc(F)c(C(=O)N(C)CC(=N)OC(=N)C(F)(F)F)c3)c2c1. The zero-order valence-electron chi connectivity index (χ0n) is 19.0. The van der Waals surface area contributed by atoms with Gasteiger partial charge in [-0.05, 0) is 42.8 Å². The molecule has 1 heterocycles. The van der Waals surface area contributed by atoms with E-state index < -0.39 is 41.8 Å². The minimum Gasteiger partial charge on any atom is -0.419 e. The van der Waals surface area contributed by atoms with Crippen LogP contribution in [0, 0.1) is 28.5 Å². The molecule has 0 bridgehead atoms. The number of fused-ring (bicyclic) bond motifs is 1. The molecule has 0 aliphatic heterocycles. The summed E-state index contributed by atoms with van der Waals surface area (Å²) in [5.41, 5.74) is 0.790. The van der Waals surface area contributed by atoms with Gasteiger partial charge in [0.15, 0.2) is 0 Å². The molecule has 0 saturated carbocycles. The van der Waals surface area contributed by atoms with E-state index in [0.717, 1.165) is 18.0 Å². The van der Waals surface area contributed by atoms with Crippen molar-refractivity contribution in [2.75, 3.05) is 13.6 Å². The molecule has 3 N–H and O–H groups in total. The van der Waals surface area contributed by atoms with Crippen LogP contribution in [0.3, 0.4) is 0 Å². The molecule has 1 amide bonds. The summed E-state index contributed by atoms with van der Waals surface area (Å²) >= 11 is 0. The van der Waals surface area contributed by atoms with Crippen LogP contribution in [0.4, 0.5) is 17.6 Å². The van der Waals surface area contributed by atoms with E-state index in [1.54, 1.807) is 25.1 Å². The van der Waals surface area contributed by atoms with Crippen molar-refractivity contribution in [3.05, 3.63) is 75.0 Å². The fraction of sp³-hybridized carbons (Fsp3) is 0.208. The maximum absolute atomic E-state index is 14.5. The lowest BCUT2D eigenvalue weighted by Crippen LogP contribution is -2.36. The Morgan fingerprint density at radius 3 is 2.56 bits per heavy atom. The first-order valence-electron chi connectivity index (χ1n) is 10.3. The number of H-pyrrole nitrogens is 1. The van der Waals surface area contributed by atoms with Gasteiger partial charge in [0.1, 0.15) is 5.82 Å². The van der Waals surface area contributed by atoms with Gasteiger partial charge < -0.3 is 9.64 Å². The van der Waals surface area contributed by atoms with Crippen LogP contribution in [0.1, 0.15) is 34.1 Å². The number of nitrogens with zero attached hydrogens (tertiary/aromatic N) is 2. The van der Waals surface area contributed by atoms with E-state index >= 15 is 0 Å². The van der Waals surface area contributed by atoms with Gasteiger partial charge in [0.2, 0.25) is 5.90 Å². The molecule has 3 rings (SSSR count). The Balaban J connectivity index is 1.86. The van der Waals surface area contributed by atoms with Crippen molar-refractivity contribution in [2.24, 2.45) is 0 Å². The number of carbonyl (C=O) groups is 1. The first kappa shape index (κ1) is 26.1. The number of ether oxygens (including phenoxy) is 1. The highest BCUT2D eigenvalue weighted by Crippen LogP contribution is 2.21. The highest BCUT2D eigenvalue weighted by Gasteiger charge is 2.38. The molecular formula is C24H19F4N5O3. The second-order valence-corrected chi connectivity index (χ2v) is 7.64. The second-order valence-electron chi connectivity index (χ2n) is 7.64. The quantitative estimate of drug-likeness (QED) is 0.214. The van der Waals surface area contributed by atoms with Gasteiger partial charge in [0.25, 0.3) is 17.4 Å². The number of aromatic amines is 1. The Kier molecular flexibility index (Phi) is 7.53. The normalized spacial score (nSPS) is 10.9. The van der Waals surface area contributed by atoms with Gasteiger partial charge in [0.05, 0.1) is 23.2 Å². The molecule has 36 heavy (non-hydrogen) atoms. The van der Waals surface area contributed by atoms with Crippen molar-refractivity contribution in [3.63, 3.8) is 0 Å². The molecule has 186 valence electrons. The Morgan fingerprint density at radius 1 is 1.17 bits per heavy atom. The largest absolute Gasteiger partial charge is 0.468 e. The lowest BCUT2D eigenvalue weighted by molar-refractivity contribution is -0.0730. The number of carbonyl (C=O) groups excluding carboxylic acids is 1. The maximum Gasteiger partial charge on any atom is 0.468 e. The molecule has 2 aromatic carbocycles. The van der Waals surface area contributed by atoms with Crippen molar-refractivity contribution in [1.82, 2.24) is 15.1 Å². The fourth-order valence-electron chi connectivity index (χ4n) is 3.32. The third-order valence-corrected chi connectivity index (χ3v) is 4.98. The summed E-state index contributed by atoms with van der Waals surface area (Å²) in [6.45, 7) is 0.942. The Morgan fingerprint density at radius 2 is 1.89 bits per heavy atom. The number of nitrogens with one attached hydrogen (secondary N) is 3. The van der Waals surface area contributed by atoms with Gasteiger partial charge in [-0.1, -0.05) is 12.0 Å². The van der Waals surface area contributed by atoms with Gasteiger partial charge in [-0.25, -0.2) is 9.49 Å². The molecule has 8 nitrogen and oxygen atoms in total. The molecule has 0 unspecified atom stereocenters. The number of likely N-dealkylation sites (N-methyl/N-ethyl adjacent to an activating group) is 1. The number of hydrogen-bond acceptors (Lipinski definition) is 6. The summed E-state index contributed by atoms with van der Waals surface area (Å²) in [4.78, 5) is 25.7. The van der Waals surface area contributed by atoms with Crippen LogP contribution in [-0.4, -0.2) is 52.6 Å². The summed E-state index contributed by atoms with van der Waals surface area (Å²) in [5.74, 6) is 0.750. The zero-order valence-corrected chi connectivity index (χ0v) is 19.0. The molecule has 0 fully saturated rings. The molecule has 0 radical (unpaired) electrons. The standard InChI is InChI=1S/C24H19F4N5O3/c1-3-4-13-5-7-15-16(9-13)19(31-32-21(15)34)11-14-6-8-18(25)17(10-14)22(35)33(2)12-20(29)36-23(30)24(26,27)28/h5-10,29-30H,11-12H2,1-2H3,(H,32,34). The van der Waals surface area contributed by atoms with Crippen LogP contribution in [-0.2, 0) is 11.2 Å². The summed E-state index contributed by atoms with van der Waals surface area (Å²) in [7, 11) is 1.15. The van der Waals surface area contributed by atoms with Crippen molar-refractivity contribution in [1.29, 1.82) is 10.8 Å². The van der Waals surface area contributed by atoms with E-state index in [1.807, 2.05) is 0 Å². The number of aromatic nitrogens is 2. The van der Waals surface area contributed by atoms with E-state index in [1.165, 1.54) is 12.1 Å². The van der Waals surface area contributed by atoms with Crippen molar-refractivity contribution >= 4 is 28.5 Å². The number of halogens is 4. The predicted octanol–water partition coefficient (Wildman–Crippen LogP) is 3.63. The summed E-state index contributed by atoms with van der Waals surface area (Å²) < 4.78 is 55.8. The molecular weight excluding hydrogens is 482 g/mol. The Hall–Kier alpha value is -4.53. The molecule has 1 aromatic heterocycles. The summed E-state index contributed by atoms with van der Waals surface area (Å²) in [6.07, 6.45) is -4.97. The number of rotatable bonds is 5. The summed E-state index contributed by atoms with van der Waals surface area (Å²) in [5, 5.41) is 21.7. The molecule has 0 spiro atoms. The Bertz CT molecular complexity index is 1490. The Labute approximate surface area is 201 Å². The van der Waals surface area contributed by atoms with E-state index in [0.29, 0.717) is 27.6 Å². The van der Waals surface area contributed by atoms with Crippen molar-refractivity contribution in [2.45, 2.75) is 19.5 Å². The second kappa shape index (κ2) is 10.4. The highest BCUT2D eigenvalue weighted by atomic mass is 19.4. The van der Waals surface area contributed by atoms with Crippen LogP contribution in [0.2, 0.25) is 0 Å². The number of amides is 1. The van der Waals surface area contributed by atoms with Crippen molar-refractivity contribution in [3.8, 4) is 11.8 Å². The number of benzene rings is 2. The minimum absolute atomic E-state index is 0.113. The monoisotopic (exact) mass is 501 g/mol. The predicted molar refractivity (Wildman–Crippen MR) is 124 cm³/mol. The third-order valence-electron chi connectivity index (χ3n) is 4.98. The number of hydrogen-bond donors (Lipinski definition) is 3. The molecule has 0 aliphatic rings. The molecule has 0 atom stereocenters. The van der Waals surface area contributed by atoms with E-state index in [-0.39, 0.29) is 12.0 Å². The van der Waals surface area contributed by atoms with Gasteiger partial charge >= 0.3 is 6.18 Å². The zero-order chi connectivity index (χ0) is 26.6. The first-order chi connectivity index (χ1) is 16.9. The lowest BCUT2D eigenvalue weighted by atomic mass is 10.0. The van der Waals surface area contributed by atoms with Gasteiger partial charge in [-0.2, -0.15) is 18.3 Å². The molecule has 0 aliphatic carbocycles. The van der Waals surface area contributed by atoms with Crippen LogP contribution in [0.25, 0.3) is 10.8 Å². The topological polar surface area (TPSA) is 123 Å². The molecule has 0 saturated heterocycles. The highest BCUT2D eigenvalue weighted by molar-refractivity contribution is 5.98. The minimum atomic E-state index is -5.08. The van der Waals surface area contributed by atoms with Crippen molar-refractivity contribution < 1.29 is 27.1 Å². The van der Waals surface area contributed by atoms with E-state index in [9.17, 15) is 27.2 Å². The van der Waals surface area contributed by atoms with E-state index in [4.69, 9.17) is 10.8 Å².